The maximum atomic E-state index is 12.6. The Morgan fingerprint density at radius 3 is 2.73 bits per heavy atom. The Labute approximate surface area is 193 Å². The van der Waals surface area contributed by atoms with Crippen LogP contribution in [0.25, 0.3) is 0 Å². The van der Waals surface area contributed by atoms with Gasteiger partial charge in [0, 0.05) is 19.6 Å². The van der Waals surface area contributed by atoms with Crippen molar-refractivity contribution in [2.24, 2.45) is 10.9 Å². The molecule has 0 spiro atoms. The Balaban J connectivity index is 0.00000450. The van der Waals surface area contributed by atoms with Crippen molar-refractivity contribution in [2.75, 3.05) is 33.4 Å². The fraction of sp³-hybridized carbons (Fsp3) is 0.600. The minimum atomic E-state index is -2.94. The molecule has 2 rings (SSSR count). The number of piperidine rings is 1. The molecule has 0 bridgehead atoms. The SMILES string of the molecule is CCNC(=NCc1ccc(OC)c(OC(F)F)c1)N1CCCC(C(=O)OCC)C1.I. The average Bonchev–Trinajstić information content (AvgIpc) is 2.71. The highest BCUT2D eigenvalue weighted by atomic mass is 127. The number of methoxy groups -OCH3 is 1. The van der Waals surface area contributed by atoms with Crippen LogP contribution in [0, 0.1) is 5.92 Å². The van der Waals surface area contributed by atoms with Gasteiger partial charge in [0.25, 0.3) is 0 Å². The number of nitrogens with zero attached hydrogens (tertiary/aromatic N) is 2. The van der Waals surface area contributed by atoms with Crippen LogP contribution in [0.1, 0.15) is 32.3 Å². The lowest BCUT2D eigenvalue weighted by Gasteiger charge is -2.34. The summed E-state index contributed by atoms with van der Waals surface area (Å²) in [6, 6.07) is 4.82. The summed E-state index contributed by atoms with van der Waals surface area (Å²) in [5, 5.41) is 3.23. The molecule has 10 heteroatoms. The van der Waals surface area contributed by atoms with Gasteiger partial charge in [0.1, 0.15) is 0 Å². The number of nitrogens with one attached hydrogen (secondary N) is 1. The van der Waals surface area contributed by atoms with Crippen LogP contribution in [-0.4, -0.2) is 56.8 Å². The number of halogens is 3. The average molecular weight is 541 g/mol. The number of esters is 1. The molecular weight excluding hydrogens is 511 g/mol. The number of carbonyl (C=O) groups excluding carboxylic acids is 1. The molecule has 0 saturated carbocycles. The summed E-state index contributed by atoms with van der Waals surface area (Å²) < 4.78 is 40.0. The van der Waals surface area contributed by atoms with E-state index >= 15 is 0 Å². The van der Waals surface area contributed by atoms with Gasteiger partial charge in [-0.1, -0.05) is 6.07 Å². The molecule has 170 valence electrons. The highest BCUT2D eigenvalue weighted by Crippen LogP contribution is 2.29. The summed E-state index contributed by atoms with van der Waals surface area (Å²) in [6.07, 6.45) is 1.66. The Morgan fingerprint density at radius 2 is 2.10 bits per heavy atom. The zero-order valence-corrected chi connectivity index (χ0v) is 19.9. The van der Waals surface area contributed by atoms with E-state index in [9.17, 15) is 13.6 Å². The largest absolute Gasteiger partial charge is 0.493 e. The van der Waals surface area contributed by atoms with Crippen LogP contribution in [0.15, 0.2) is 23.2 Å². The maximum Gasteiger partial charge on any atom is 0.387 e. The van der Waals surface area contributed by atoms with E-state index in [-0.39, 0.29) is 53.9 Å². The second kappa shape index (κ2) is 13.5. The van der Waals surface area contributed by atoms with Gasteiger partial charge >= 0.3 is 12.6 Å². The number of likely N-dealkylation sites (tertiary alicyclic amines) is 1. The second-order valence-electron chi connectivity index (χ2n) is 6.57. The molecule has 30 heavy (non-hydrogen) atoms. The first-order chi connectivity index (χ1) is 14.0. The smallest absolute Gasteiger partial charge is 0.387 e. The molecule has 1 atom stereocenters. The Kier molecular flexibility index (Phi) is 11.7. The number of carbonyl (C=O) groups is 1. The first kappa shape index (κ1) is 26.2. The van der Waals surface area contributed by atoms with E-state index in [0.717, 1.165) is 19.4 Å². The molecule has 0 aliphatic carbocycles. The van der Waals surface area contributed by atoms with Crippen LogP contribution in [0.5, 0.6) is 11.5 Å². The highest BCUT2D eigenvalue weighted by Gasteiger charge is 2.28. The first-order valence-corrected chi connectivity index (χ1v) is 9.80. The lowest BCUT2D eigenvalue weighted by atomic mass is 9.98. The zero-order chi connectivity index (χ0) is 21.2. The van der Waals surface area contributed by atoms with Crippen molar-refractivity contribution in [3.8, 4) is 11.5 Å². The minimum Gasteiger partial charge on any atom is -0.493 e. The first-order valence-electron chi connectivity index (χ1n) is 9.80. The molecule has 7 nitrogen and oxygen atoms in total. The third-order valence-corrected chi connectivity index (χ3v) is 4.53. The van der Waals surface area contributed by atoms with Gasteiger partial charge in [0.05, 0.1) is 26.2 Å². The van der Waals surface area contributed by atoms with Crippen molar-refractivity contribution in [1.29, 1.82) is 0 Å². The van der Waals surface area contributed by atoms with Crippen LogP contribution >= 0.6 is 24.0 Å². The predicted molar refractivity (Wildman–Crippen MR) is 121 cm³/mol. The van der Waals surface area contributed by atoms with Crippen LogP contribution in [0.2, 0.25) is 0 Å². The molecular formula is C20H30F2IN3O4. The van der Waals surface area contributed by atoms with E-state index in [2.05, 4.69) is 15.0 Å². The van der Waals surface area contributed by atoms with Crippen molar-refractivity contribution < 1.29 is 27.8 Å². The number of rotatable bonds is 8. The minimum absolute atomic E-state index is 0. The van der Waals surface area contributed by atoms with E-state index in [1.807, 2.05) is 11.8 Å². The van der Waals surface area contributed by atoms with Crippen LogP contribution in [-0.2, 0) is 16.1 Å². The summed E-state index contributed by atoms with van der Waals surface area (Å²) >= 11 is 0. The van der Waals surface area contributed by atoms with Gasteiger partial charge in [-0.15, -0.1) is 24.0 Å². The van der Waals surface area contributed by atoms with Crippen LogP contribution < -0.4 is 14.8 Å². The van der Waals surface area contributed by atoms with Crippen molar-refractivity contribution in [3.05, 3.63) is 23.8 Å². The summed E-state index contributed by atoms with van der Waals surface area (Å²) in [4.78, 5) is 18.7. The fourth-order valence-electron chi connectivity index (χ4n) is 3.22. The van der Waals surface area contributed by atoms with Gasteiger partial charge in [0.15, 0.2) is 17.5 Å². The van der Waals surface area contributed by atoms with E-state index < -0.39 is 6.61 Å². The van der Waals surface area contributed by atoms with Gasteiger partial charge in [-0.05, 0) is 44.4 Å². The lowest BCUT2D eigenvalue weighted by molar-refractivity contribution is -0.149. The number of hydrogen-bond donors (Lipinski definition) is 1. The van der Waals surface area contributed by atoms with Crippen molar-refractivity contribution in [1.82, 2.24) is 10.2 Å². The van der Waals surface area contributed by atoms with Crippen LogP contribution in [0.3, 0.4) is 0 Å². The number of benzene rings is 1. The van der Waals surface area contributed by atoms with Gasteiger partial charge in [0.2, 0.25) is 0 Å². The second-order valence-corrected chi connectivity index (χ2v) is 6.57. The maximum absolute atomic E-state index is 12.6. The molecule has 0 radical (unpaired) electrons. The summed E-state index contributed by atoms with van der Waals surface area (Å²) in [7, 11) is 1.39. The van der Waals surface area contributed by atoms with Crippen molar-refractivity contribution >= 4 is 35.9 Å². The van der Waals surface area contributed by atoms with Gasteiger partial charge in [-0.25, -0.2) is 4.99 Å². The molecule has 1 aliphatic rings. The normalized spacial score (nSPS) is 16.7. The Hall–Kier alpha value is -1.85. The van der Waals surface area contributed by atoms with Gasteiger partial charge in [-0.2, -0.15) is 8.78 Å². The molecule has 1 fully saturated rings. The molecule has 1 aromatic carbocycles. The Morgan fingerprint density at radius 1 is 1.33 bits per heavy atom. The van der Waals surface area contributed by atoms with E-state index in [1.54, 1.807) is 19.1 Å². The lowest BCUT2D eigenvalue weighted by Crippen LogP contribution is -2.48. The highest BCUT2D eigenvalue weighted by molar-refractivity contribution is 14.0. The molecule has 1 aromatic rings. The summed E-state index contributed by atoms with van der Waals surface area (Å²) in [5.74, 6) is 0.518. The number of aliphatic imine (C=N–C) groups is 1. The van der Waals surface area contributed by atoms with E-state index in [0.29, 0.717) is 31.2 Å². The van der Waals surface area contributed by atoms with E-state index in [1.165, 1.54) is 13.2 Å². The molecule has 1 N–H and O–H groups in total. The molecule has 1 unspecified atom stereocenters. The molecule has 0 aromatic heterocycles. The number of alkyl halides is 2. The van der Waals surface area contributed by atoms with Crippen molar-refractivity contribution in [2.45, 2.75) is 39.8 Å². The molecule has 1 heterocycles. The topological polar surface area (TPSA) is 72.4 Å². The quantitative estimate of drug-likeness (QED) is 0.235. The summed E-state index contributed by atoms with van der Waals surface area (Å²) in [6.45, 7) is 3.44. The molecule has 1 aliphatic heterocycles. The van der Waals surface area contributed by atoms with Crippen LogP contribution in [0.4, 0.5) is 8.78 Å². The Bertz CT molecular complexity index is 707. The number of guanidine groups is 1. The summed E-state index contributed by atoms with van der Waals surface area (Å²) in [5.41, 5.74) is 0.704. The molecule has 0 amide bonds. The van der Waals surface area contributed by atoms with Gasteiger partial charge < -0.3 is 24.4 Å². The fourth-order valence-corrected chi connectivity index (χ4v) is 3.22. The monoisotopic (exact) mass is 541 g/mol. The third kappa shape index (κ3) is 7.77. The predicted octanol–water partition coefficient (Wildman–Crippen LogP) is 3.66. The van der Waals surface area contributed by atoms with Gasteiger partial charge in [-0.3, -0.25) is 4.79 Å². The van der Waals surface area contributed by atoms with Crippen molar-refractivity contribution in [3.63, 3.8) is 0 Å². The number of hydrogen-bond acceptors (Lipinski definition) is 5. The molecule has 1 saturated heterocycles. The standard InChI is InChI=1S/C20H29F2N3O4.HI/c1-4-23-20(25-10-6-7-15(13-25)18(26)28-5-2)24-12-14-8-9-16(27-3)17(11-14)29-19(21)22;/h8-9,11,15,19H,4-7,10,12-13H2,1-3H3,(H,23,24);1H. The number of ether oxygens (including phenoxy) is 3. The third-order valence-electron chi connectivity index (χ3n) is 4.53. The zero-order valence-electron chi connectivity index (χ0n) is 17.5. The van der Waals surface area contributed by atoms with E-state index in [4.69, 9.17) is 9.47 Å².